The first-order valence-electron chi connectivity index (χ1n) is 3.79. The smallest absolute Gasteiger partial charge is 0.293 e. The molecule has 1 aromatic carbocycles. The van der Waals surface area contributed by atoms with Gasteiger partial charge >= 0.3 is 0 Å². The summed E-state index contributed by atoms with van der Waals surface area (Å²) in [5.74, 6) is 2.82. The number of nitro groups is 1. The van der Waals surface area contributed by atoms with Crippen molar-refractivity contribution in [3.05, 3.63) is 33.9 Å². The molecular weight excluding hydrogens is 168 g/mol. The first-order chi connectivity index (χ1) is 6.29. The quantitative estimate of drug-likeness (QED) is 0.399. The topological polar surface area (TPSA) is 55.2 Å². The zero-order chi connectivity index (χ0) is 9.26. The lowest BCUT2D eigenvalue weighted by Gasteiger charge is -2.08. The van der Waals surface area contributed by atoms with Crippen molar-refractivity contribution in [1.29, 1.82) is 0 Å². The summed E-state index contributed by atoms with van der Waals surface area (Å²) in [6, 6.07) is 7.61. The van der Waals surface area contributed by atoms with Crippen LogP contribution < -0.4 is 5.32 Å². The Morgan fingerprint density at radius 3 is 3.15 bits per heavy atom. The second kappa shape index (κ2) is 2.79. The van der Waals surface area contributed by atoms with Gasteiger partial charge in [0.1, 0.15) is 5.69 Å². The van der Waals surface area contributed by atoms with Gasteiger partial charge in [-0.1, -0.05) is 18.1 Å². The van der Waals surface area contributed by atoms with Crippen LogP contribution in [-0.2, 0) is 6.42 Å². The minimum Gasteiger partial charge on any atom is -0.309 e. The average Bonchev–Trinajstić information content (AvgIpc) is 2.17. The Morgan fingerprint density at radius 2 is 2.38 bits per heavy atom. The Hall–Kier alpha value is -2.02. The maximum Gasteiger partial charge on any atom is 0.293 e. The van der Waals surface area contributed by atoms with Crippen molar-refractivity contribution < 1.29 is 4.92 Å². The molecule has 0 aromatic heterocycles. The molecular formula is C9H6N2O2. The molecule has 1 aliphatic rings. The Bertz CT molecular complexity index is 429. The Balaban J connectivity index is 2.58. The van der Waals surface area contributed by atoms with Crippen LogP contribution in [0.1, 0.15) is 5.56 Å². The molecule has 64 valence electrons. The van der Waals surface area contributed by atoms with Crippen LogP contribution in [0.5, 0.6) is 0 Å². The number of benzene rings is 1. The van der Waals surface area contributed by atoms with E-state index in [0.717, 1.165) is 5.56 Å². The largest absolute Gasteiger partial charge is 0.309 e. The van der Waals surface area contributed by atoms with Crippen LogP contribution in [0, 0.1) is 22.1 Å². The van der Waals surface area contributed by atoms with Gasteiger partial charge in [0.2, 0.25) is 0 Å². The van der Waals surface area contributed by atoms with E-state index in [1.807, 2.05) is 6.07 Å². The molecule has 0 spiro atoms. The number of fused-ring (bicyclic) bond motifs is 1. The third-order valence-corrected chi connectivity index (χ3v) is 1.88. The summed E-state index contributed by atoms with van der Waals surface area (Å²) in [5.41, 5.74) is 1.51. The highest BCUT2D eigenvalue weighted by Gasteiger charge is 2.17. The molecule has 1 aromatic rings. The van der Waals surface area contributed by atoms with Gasteiger partial charge in [-0.15, -0.1) is 0 Å². The summed E-state index contributed by atoms with van der Waals surface area (Å²) in [5, 5.41) is 13.3. The summed E-state index contributed by atoms with van der Waals surface area (Å²) in [4.78, 5) is 10.2. The Morgan fingerprint density at radius 1 is 1.54 bits per heavy atom. The maximum absolute atomic E-state index is 10.6. The number of nitrogens with one attached hydrogen (secondary N) is 1. The minimum absolute atomic E-state index is 0.0894. The fourth-order valence-corrected chi connectivity index (χ4v) is 1.28. The van der Waals surface area contributed by atoms with Crippen molar-refractivity contribution in [2.75, 3.05) is 5.32 Å². The predicted octanol–water partition coefficient (Wildman–Crippen LogP) is 1.52. The third kappa shape index (κ3) is 1.20. The van der Waals surface area contributed by atoms with Gasteiger partial charge in [0.15, 0.2) is 0 Å². The molecule has 0 aliphatic carbocycles. The van der Waals surface area contributed by atoms with Crippen LogP contribution >= 0.6 is 0 Å². The lowest BCUT2D eigenvalue weighted by molar-refractivity contribution is -0.384. The number of hydrogen-bond acceptors (Lipinski definition) is 3. The summed E-state index contributed by atoms with van der Waals surface area (Å²) < 4.78 is 0. The standard InChI is InChI=1S/C9H6N2O2/c12-11(13)8-5-1-3-7-4-2-6-10-9(7)8/h1,3,5,10H,4H2. The summed E-state index contributed by atoms with van der Waals surface area (Å²) in [6.45, 7) is 0. The average molecular weight is 174 g/mol. The molecule has 0 saturated carbocycles. The lowest BCUT2D eigenvalue weighted by Crippen LogP contribution is -2.03. The second-order valence-corrected chi connectivity index (χ2v) is 2.67. The van der Waals surface area contributed by atoms with Gasteiger partial charge in [0.05, 0.1) is 4.92 Å². The molecule has 0 unspecified atom stereocenters. The van der Waals surface area contributed by atoms with Crippen LogP contribution in [0.3, 0.4) is 0 Å². The first-order valence-corrected chi connectivity index (χ1v) is 3.79. The normalized spacial score (nSPS) is 12.0. The van der Waals surface area contributed by atoms with E-state index in [0.29, 0.717) is 12.1 Å². The molecule has 4 heteroatoms. The van der Waals surface area contributed by atoms with Crippen molar-refractivity contribution >= 4 is 11.4 Å². The van der Waals surface area contributed by atoms with Crippen molar-refractivity contribution in [3.8, 4) is 12.0 Å². The minimum atomic E-state index is -0.404. The molecule has 2 rings (SSSR count). The molecule has 4 nitrogen and oxygen atoms in total. The SMILES string of the molecule is O=[N+]([O-])c1cccc2c1NC#CC2. The van der Waals surface area contributed by atoms with Crippen LogP contribution in [0.4, 0.5) is 11.4 Å². The predicted molar refractivity (Wildman–Crippen MR) is 48.2 cm³/mol. The van der Waals surface area contributed by atoms with Crippen molar-refractivity contribution in [2.24, 2.45) is 0 Å². The van der Waals surface area contributed by atoms with Gasteiger partial charge in [0.25, 0.3) is 5.69 Å². The summed E-state index contributed by atoms with van der Waals surface area (Å²) in [7, 11) is 0. The van der Waals surface area contributed by atoms with E-state index < -0.39 is 4.92 Å². The van der Waals surface area contributed by atoms with Gasteiger partial charge in [0, 0.05) is 18.5 Å². The number of nitrogens with zero attached hydrogens (tertiary/aromatic N) is 1. The molecule has 0 fully saturated rings. The molecule has 1 heterocycles. The molecule has 13 heavy (non-hydrogen) atoms. The number of hydrogen-bond donors (Lipinski definition) is 1. The highest BCUT2D eigenvalue weighted by molar-refractivity contribution is 5.70. The van der Waals surface area contributed by atoms with E-state index in [-0.39, 0.29) is 5.69 Å². The highest BCUT2D eigenvalue weighted by atomic mass is 16.6. The molecule has 0 radical (unpaired) electrons. The monoisotopic (exact) mass is 174 g/mol. The van der Waals surface area contributed by atoms with Crippen LogP contribution in [0.25, 0.3) is 0 Å². The van der Waals surface area contributed by atoms with E-state index in [9.17, 15) is 10.1 Å². The van der Waals surface area contributed by atoms with Crippen molar-refractivity contribution in [3.63, 3.8) is 0 Å². The molecule has 0 atom stereocenters. The van der Waals surface area contributed by atoms with Gasteiger partial charge in [-0.3, -0.25) is 10.1 Å². The highest BCUT2D eigenvalue weighted by Crippen LogP contribution is 2.29. The molecule has 1 aliphatic heterocycles. The van der Waals surface area contributed by atoms with E-state index in [1.165, 1.54) is 6.07 Å². The fourth-order valence-electron chi connectivity index (χ4n) is 1.28. The number of anilines is 1. The molecule has 0 saturated heterocycles. The number of rotatable bonds is 1. The van der Waals surface area contributed by atoms with Gasteiger partial charge < -0.3 is 5.32 Å². The number of nitro benzene ring substituents is 1. The van der Waals surface area contributed by atoms with Crippen LogP contribution in [0.15, 0.2) is 18.2 Å². The van der Waals surface area contributed by atoms with Gasteiger partial charge in [-0.25, -0.2) is 0 Å². The second-order valence-electron chi connectivity index (χ2n) is 2.67. The van der Waals surface area contributed by atoms with Crippen molar-refractivity contribution in [2.45, 2.75) is 6.42 Å². The van der Waals surface area contributed by atoms with Gasteiger partial charge in [-0.2, -0.15) is 0 Å². The number of para-hydroxylation sites is 1. The molecule has 0 bridgehead atoms. The third-order valence-electron chi connectivity index (χ3n) is 1.88. The Labute approximate surface area is 74.7 Å². The summed E-state index contributed by atoms with van der Waals surface area (Å²) in [6.07, 6.45) is 0.573. The molecule has 0 amide bonds. The summed E-state index contributed by atoms with van der Waals surface area (Å²) >= 11 is 0. The van der Waals surface area contributed by atoms with Crippen LogP contribution in [-0.4, -0.2) is 4.92 Å². The van der Waals surface area contributed by atoms with E-state index in [2.05, 4.69) is 17.3 Å². The van der Waals surface area contributed by atoms with Crippen molar-refractivity contribution in [1.82, 2.24) is 0 Å². The van der Waals surface area contributed by atoms with Gasteiger partial charge in [-0.05, 0) is 5.56 Å². The lowest BCUT2D eigenvalue weighted by atomic mass is 10.1. The fraction of sp³-hybridized carbons (Fsp3) is 0.111. The van der Waals surface area contributed by atoms with E-state index in [4.69, 9.17) is 0 Å². The zero-order valence-electron chi connectivity index (χ0n) is 6.70. The van der Waals surface area contributed by atoms with E-state index in [1.54, 1.807) is 6.07 Å². The van der Waals surface area contributed by atoms with E-state index >= 15 is 0 Å². The first kappa shape index (κ1) is 7.62. The van der Waals surface area contributed by atoms with Crippen LogP contribution in [0.2, 0.25) is 0 Å². The zero-order valence-corrected chi connectivity index (χ0v) is 6.70. The molecule has 1 N–H and O–H groups in total. The maximum atomic E-state index is 10.6. The Kier molecular flexibility index (Phi) is 1.64.